The molecule has 7 nitrogen and oxygen atoms in total. The molecule has 4 heterocycles. The first-order valence-corrected chi connectivity index (χ1v) is 9.88. The maximum Gasteiger partial charge on any atom is 0.226 e. The van der Waals surface area contributed by atoms with Gasteiger partial charge in [0.2, 0.25) is 5.91 Å². The molecule has 0 radical (unpaired) electrons. The topological polar surface area (TPSA) is 72.5 Å². The largest absolute Gasteiger partial charge is 0.468 e. The minimum Gasteiger partial charge on any atom is -0.468 e. The summed E-state index contributed by atoms with van der Waals surface area (Å²) in [5.41, 5.74) is 0. The molecule has 1 N–H and O–H groups in total. The van der Waals surface area contributed by atoms with Crippen LogP contribution in [0.2, 0.25) is 0 Å². The van der Waals surface area contributed by atoms with Crippen LogP contribution in [0.25, 0.3) is 0 Å². The van der Waals surface area contributed by atoms with E-state index in [1.165, 1.54) is 19.3 Å². The van der Waals surface area contributed by atoms with E-state index in [0.717, 1.165) is 31.1 Å². The molecular formula is C20H28N4O3. The molecule has 2 aromatic rings. The van der Waals surface area contributed by atoms with Gasteiger partial charge in [0.15, 0.2) is 0 Å². The molecule has 0 aromatic carbocycles. The molecule has 0 bridgehead atoms. The fourth-order valence-electron chi connectivity index (χ4n) is 4.21. The van der Waals surface area contributed by atoms with E-state index in [1.807, 2.05) is 29.9 Å². The molecule has 1 amide bonds. The third-order valence-corrected chi connectivity index (χ3v) is 5.71. The minimum atomic E-state index is -0.276. The highest BCUT2D eigenvalue weighted by Crippen LogP contribution is 2.34. The van der Waals surface area contributed by atoms with Crippen LogP contribution in [0.1, 0.15) is 49.4 Å². The quantitative estimate of drug-likeness (QED) is 0.843. The first kappa shape index (κ1) is 18.3. The van der Waals surface area contributed by atoms with Gasteiger partial charge in [0.25, 0.3) is 0 Å². The van der Waals surface area contributed by atoms with Crippen LogP contribution in [0.4, 0.5) is 0 Å². The molecule has 1 unspecified atom stereocenters. The summed E-state index contributed by atoms with van der Waals surface area (Å²) in [6.45, 7) is 3.23. The Hall–Kier alpha value is -2.12. The summed E-state index contributed by atoms with van der Waals surface area (Å²) in [4.78, 5) is 19.7. The van der Waals surface area contributed by atoms with Crippen LogP contribution in [0, 0.1) is 5.92 Å². The Bertz CT molecular complexity index is 736. The van der Waals surface area contributed by atoms with E-state index in [0.29, 0.717) is 13.2 Å². The van der Waals surface area contributed by atoms with Gasteiger partial charge >= 0.3 is 0 Å². The standard InChI is InChI=1S/C20H28N4O3/c1-23-11-8-21-19(23)18-15(7-13-27-18)20(25)22-14-16(17-6-5-12-26-17)24-9-3-2-4-10-24/h5-6,8,11-12,15-16,18H,2-4,7,9-10,13-14H2,1H3,(H,22,25)/t15-,16?,18-/m1/s1. The molecular weight excluding hydrogens is 344 g/mol. The van der Waals surface area contributed by atoms with Crippen molar-refractivity contribution in [3.8, 4) is 0 Å². The molecule has 2 aliphatic heterocycles. The lowest BCUT2D eigenvalue weighted by molar-refractivity contribution is -0.127. The number of nitrogens with zero attached hydrogens (tertiary/aromatic N) is 3. The monoisotopic (exact) mass is 372 g/mol. The summed E-state index contributed by atoms with van der Waals surface area (Å²) < 4.78 is 13.4. The van der Waals surface area contributed by atoms with Crippen LogP contribution >= 0.6 is 0 Å². The molecule has 0 saturated carbocycles. The number of likely N-dealkylation sites (tertiary alicyclic amines) is 1. The van der Waals surface area contributed by atoms with Gasteiger partial charge in [-0.05, 0) is 44.5 Å². The summed E-state index contributed by atoms with van der Waals surface area (Å²) in [5, 5.41) is 3.16. The van der Waals surface area contributed by atoms with Crippen molar-refractivity contribution in [3.63, 3.8) is 0 Å². The number of carbonyl (C=O) groups excluding carboxylic acids is 1. The molecule has 0 spiro atoms. The lowest BCUT2D eigenvalue weighted by atomic mass is 9.99. The average Bonchev–Trinajstić information content (AvgIpc) is 3.44. The van der Waals surface area contributed by atoms with E-state index in [-0.39, 0.29) is 24.0 Å². The van der Waals surface area contributed by atoms with E-state index in [9.17, 15) is 4.79 Å². The van der Waals surface area contributed by atoms with Crippen molar-refractivity contribution in [1.82, 2.24) is 19.8 Å². The predicted molar refractivity (Wildman–Crippen MR) is 99.9 cm³/mol. The van der Waals surface area contributed by atoms with Crippen LogP contribution in [0.3, 0.4) is 0 Å². The normalized spacial score (nSPS) is 24.8. The zero-order valence-electron chi connectivity index (χ0n) is 15.8. The number of ether oxygens (including phenoxy) is 1. The second-order valence-electron chi connectivity index (χ2n) is 7.46. The Kier molecular flexibility index (Phi) is 5.59. The second-order valence-corrected chi connectivity index (χ2v) is 7.46. The number of amides is 1. The van der Waals surface area contributed by atoms with E-state index >= 15 is 0 Å². The summed E-state index contributed by atoms with van der Waals surface area (Å²) in [5.74, 6) is 1.56. The Morgan fingerprint density at radius 2 is 2.22 bits per heavy atom. The van der Waals surface area contributed by atoms with Gasteiger partial charge < -0.3 is 19.0 Å². The third kappa shape index (κ3) is 3.94. The van der Waals surface area contributed by atoms with Crippen molar-refractivity contribution < 1.29 is 13.9 Å². The minimum absolute atomic E-state index is 0.0362. The number of furan rings is 1. The number of aromatic nitrogens is 2. The first-order valence-electron chi connectivity index (χ1n) is 9.88. The van der Waals surface area contributed by atoms with E-state index in [2.05, 4.69) is 15.2 Å². The highest BCUT2D eigenvalue weighted by Gasteiger charge is 2.38. The van der Waals surface area contributed by atoms with Crippen LogP contribution < -0.4 is 5.32 Å². The number of hydrogen-bond donors (Lipinski definition) is 1. The van der Waals surface area contributed by atoms with Gasteiger partial charge in [0, 0.05) is 32.6 Å². The SMILES string of the molecule is Cn1ccnc1[C@@H]1OCC[C@H]1C(=O)NCC(c1ccco1)N1CCCCC1. The smallest absolute Gasteiger partial charge is 0.226 e. The van der Waals surface area contributed by atoms with Gasteiger partial charge in [-0.1, -0.05) is 6.42 Å². The number of hydrogen-bond acceptors (Lipinski definition) is 5. The van der Waals surface area contributed by atoms with Crippen LogP contribution in [-0.4, -0.2) is 46.6 Å². The average molecular weight is 372 g/mol. The van der Waals surface area contributed by atoms with E-state index in [4.69, 9.17) is 9.15 Å². The zero-order chi connectivity index (χ0) is 18.6. The fraction of sp³-hybridized carbons (Fsp3) is 0.600. The molecule has 146 valence electrons. The summed E-state index contributed by atoms with van der Waals surface area (Å²) in [7, 11) is 1.93. The van der Waals surface area contributed by atoms with Gasteiger partial charge in [0.1, 0.15) is 17.7 Å². The van der Waals surface area contributed by atoms with Crippen LogP contribution in [-0.2, 0) is 16.6 Å². The molecule has 2 aliphatic rings. The van der Waals surface area contributed by atoms with Gasteiger partial charge in [-0.25, -0.2) is 4.98 Å². The first-order chi connectivity index (χ1) is 13.2. The van der Waals surface area contributed by atoms with E-state index in [1.54, 1.807) is 12.5 Å². The predicted octanol–water partition coefficient (Wildman–Crippen LogP) is 2.43. The number of rotatable bonds is 6. The molecule has 2 fully saturated rings. The maximum atomic E-state index is 12.9. The molecule has 27 heavy (non-hydrogen) atoms. The number of nitrogens with one attached hydrogen (secondary N) is 1. The molecule has 2 aromatic heterocycles. The summed E-state index contributed by atoms with van der Waals surface area (Å²) in [6, 6.07) is 4.00. The maximum absolute atomic E-state index is 12.9. The second kappa shape index (κ2) is 8.27. The third-order valence-electron chi connectivity index (χ3n) is 5.71. The lowest BCUT2D eigenvalue weighted by Crippen LogP contribution is -2.42. The molecule has 3 atom stereocenters. The van der Waals surface area contributed by atoms with Crippen molar-refractivity contribution >= 4 is 5.91 Å². The zero-order valence-corrected chi connectivity index (χ0v) is 15.8. The van der Waals surface area contributed by atoms with Crippen LogP contribution in [0.15, 0.2) is 35.2 Å². The summed E-state index contributed by atoms with van der Waals surface area (Å²) in [6.07, 6.45) is 9.45. The highest BCUT2D eigenvalue weighted by molar-refractivity contribution is 5.79. The number of carbonyl (C=O) groups is 1. The Morgan fingerprint density at radius 1 is 1.37 bits per heavy atom. The van der Waals surface area contributed by atoms with Crippen molar-refractivity contribution in [3.05, 3.63) is 42.4 Å². The van der Waals surface area contributed by atoms with Crippen LogP contribution in [0.5, 0.6) is 0 Å². The van der Waals surface area contributed by atoms with E-state index < -0.39 is 0 Å². The molecule has 4 rings (SSSR count). The van der Waals surface area contributed by atoms with Gasteiger partial charge in [-0.2, -0.15) is 0 Å². The molecule has 7 heteroatoms. The summed E-state index contributed by atoms with van der Waals surface area (Å²) >= 11 is 0. The van der Waals surface area contributed by atoms with Gasteiger partial charge in [0.05, 0.1) is 18.2 Å². The fourth-order valence-corrected chi connectivity index (χ4v) is 4.21. The van der Waals surface area contributed by atoms with Crippen molar-refractivity contribution in [2.45, 2.75) is 37.8 Å². The molecule has 2 saturated heterocycles. The lowest BCUT2D eigenvalue weighted by Gasteiger charge is -2.33. The number of aryl methyl sites for hydroxylation is 1. The van der Waals surface area contributed by atoms with Crippen molar-refractivity contribution in [2.24, 2.45) is 13.0 Å². The van der Waals surface area contributed by atoms with Crippen molar-refractivity contribution in [2.75, 3.05) is 26.2 Å². The van der Waals surface area contributed by atoms with Crippen molar-refractivity contribution in [1.29, 1.82) is 0 Å². The molecule has 0 aliphatic carbocycles. The highest BCUT2D eigenvalue weighted by atomic mass is 16.5. The number of imidazole rings is 1. The number of piperidine rings is 1. The Labute approximate surface area is 159 Å². The van der Waals surface area contributed by atoms with Gasteiger partial charge in [-0.15, -0.1) is 0 Å². The Morgan fingerprint density at radius 3 is 2.93 bits per heavy atom. The Balaban J connectivity index is 1.42. The van der Waals surface area contributed by atoms with Gasteiger partial charge in [-0.3, -0.25) is 9.69 Å².